The fourth-order valence-corrected chi connectivity index (χ4v) is 2.69. The van der Waals surface area contributed by atoms with Crippen molar-refractivity contribution in [3.05, 3.63) is 71.7 Å². The third-order valence-electron chi connectivity index (χ3n) is 4.12. The van der Waals surface area contributed by atoms with Crippen LogP contribution in [0.1, 0.15) is 28.9 Å². The molecule has 0 aliphatic heterocycles. The van der Waals surface area contributed by atoms with Crippen molar-refractivity contribution in [2.24, 2.45) is 0 Å². The molecule has 0 aliphatic carbocycles. The van der Waals surface area contributed by atoms with Crippen LogP contribution in [-0.4, -0.2) is 23.0 Å². The van der Waals surface area contributed by atoms with Crippen molar-refractivity contribution in [2.75, 3.05) is 12.8 Å². The summed E-state index contributed by atoms with van der Waals surface area (Å²) in [6.07, 6.45) is 1.39. The highest BCUT2D eigenvalue weighted by molar-refractivity contribution is 6.00. The van der Waals surface area contributed by atoms with E-state index >= 15 is 0 Å². The van der Waals surface area contributed by atoms with Crippen molar-refractivity contribution >= 4 is 11.9 Å². The maximum atomic E-state index is 13.9. The van der Waals surface area contributed by atoms with Gasteiger partial charge in [0, 0.05) is 11.8 Å². The third kappa shape index (κ3) is 4.03. The van der Waals surface area contributed by atoms with Crippen LogP contribution in [0.2, 0.25) is 0 Å². The van der Waals surface area contributed by atoms with Crippen molar-refractivity contribution in [3.63, 3.8) is 0 Å². The Morgan fingerprint density at radius 3 is 2.63 bits per heavy atom. The number of ether oxygens (including phenoxy) is 1. The first-order chi connectivity index (χ1) is 13.0. The first-order valence-electron chi connectivity index (χ1n) is 8.32. The molecule has 1 unspecified atom stereocenters. The Morgan fingerprint density at radius 2 is 1.96 bits per heavy atom. The van der Waals surface area contributed by atoms with Gasteiger partial charge in [-0.05, 0) is 24.6 Å². The Hall–Kier alpha value is -3.48. The highest BCUT2D eigenvalue weighted by atomic mass is 19.1. The summed E-state index contributed by atoms with van der Waals surface area (Å²) in [4.78, 5) is 20.9. The zero-order valence-corrected chi connectivity index (χ0v) is 14.9. The van der Waals surface area contributed by atoms with Gasteiger partial charge in [0.25, 0.3) is 5.91 Å². The molecule has 0 spiro atoms. The van der Waals surface area contributed by atoms with E-state index in [0.29, 0.717) is 11.3 Å². The minimum atomic E-state index is -0.489. The van der Waals surface area contributed by atoms with Crippen LogP contribution in [-0.2, 0) is 0 Å². The van der Waals surface area contributed by atoms with Crippen molar-refractivity contribution in [1.82, 2.24) is 15.3 Å². The van der Waals surface area contributed by atoms with E-state index in [4.69, 9.17) is 10.5 Å². The third-order valence-corrected chi connectivity index (χ3v) is 4.12. The predicted octanol–water partition coefficient (Wildman–Crippen LogP) is 3.36. The summed E-state index contributed by atoms with van der Waals surface area (Å²) in [5, 5.41) is 2.84. The van der Waals surface area contributed by atoms with E-state index in [0.717, 1.165) is 5.56 Å². The normalized spacial score (nSPS) is 11.7. The highest BCUT2D eigenvalue weighted by Crippen LogP contribution is 2.24. The SMILES string of the molecule is COc1ccc(C(C)NC(=O)c2cnc(N)nc2-c2ccccc2)cc1F. The molecule has 1 heterocycles. The van der Waals surface area contributed by atoms with E-state index in [9.17, 15) is 9.18 Å². The summed E-state index contributed by atoms with van der Waals surface area (Å²) in [5.74, 6) is -0.638. The number of nitrogen functional groups attached to an aromatic ring is 1. The molecule has 3 N–H and O–H groups in total. The zero-order chi connectivity index (χ0) is 19.4. The van der Waals surface area contributed by atoms with Crippen molar-refractivity contribution < 1.29 is 13.9 Å². The molecule has 138 valence electrons. The van der Waals surface area contributed by atoms with Crippen LogP contribution in [0.3, 0.4) is 0 Å². The standard InChI is InChI=1S/C20H19FN4O2/c1-12(14-8-9-17(27-2)16(21)10-14)24-19(26)15-11-23-20(22)25-18(15)13-6-4-3-5-7-13/h3-12H,1-2H3,(H,24,26)(H2,22,23,25). The number of carbonyl (C=O) groups excluding carboxylic acids is 1. The molecule has 2 aromatic carbocycles. The van der Waals surface area contributed by atoms with Gasteiger partial charge in [-0.15, -0.1) is 0 Å². The zero-order valence-electron chi connectivity index (χ0n) is 14.9. The Kier molecular flexibility index (Phi) is 5.30. The maximum absolute atomic E-state index is 13.9. The number of carbonyl (C=O) groups is 1. The van der Waals surface area contributed by atoms with Crippen molar-refractivity contribution in [2.45, 2.75) is 13.0 Å². The number of rotatable bonds is 5. The second kappa shape index (κ2) is 7.82. The summed E-state index contributed by atoms with van der Waals surface area (Å²) >= 11 is 0. The van der Waals surface area contributed by atoms with E-state index < -0.39 is 11.9 Å². The second-order valence-corrected chi connectivity index (χ2v) is 5.95. The molecule has 3 rings (SSSR count). The molecule has 0 aliphatic rings. The van der Waals surface area contributed by atoms with Crippen LogP contribution in [0.15, 0.2) is 54.7 Å². The minimum absolute atomic E-state index is 0.0793. The van der Waals surface area contributed by atoms with Gasteiger partial charge in [-0.25, -0.2) is 14.4 Å². The second-order valence-electron chi connectivity index (χ2n) is 5.95. The lowest BCUT2D eigenvalue weighted by atomic mass is 10.0. The van der Waals surface area contributed by atoms with Crippen molar-refractivity contribution in [1.29, 1.82) is 0 Å². The van der Waals surface area contributed by atoms with E-state index in [1.165, 1.54) is 25.4 Å². The molecule has 1 aromatic heterocycles. The van der Waals surface area contributed by atoms with Gasteiger partial charge in [-0.2, -0.15) is 0 Å². The lowest BCUT2D eigenvalue weighted by Crippen LogP contribution is -2.27. The molecule has 1 atom stereocenters. The molecule has 0 fully saturated rings. The molecule has 0 bridgehead atoms. The average Bonchev–Trinajstić information content (AvgIpc) is 2.68. The van der Waals surface area contributed by atoms with Crippen molar-refractivity contribution in [3.8, 4) is 17.0 Å². The molecule has 0 saturated carbocycles. The number of hydrogen-bond acceptors (Lipinski definition) is 5. The number of halogens is 1. The fraction of sp³-hybridized carbons (Fsp3) is 0.150. The van der Waals surface area contributed by atoms with Crippen LogP contribution >= 0.6 is 0 Å². The molecule has 3 aromatic rings. The quantitative estimate of drug-likeness (QED) is 0.723. The Morgan fingerprint density at radius 1 is 1.22 bits per heavy atom. The lowest BCUT2D eigenvalue weighted by molar-refractivity contribution is 0.0940. The molecule has 0 radical (unpaired) electrons. The Balaban J connectivity index is 1.87. The van der Waals surface area contributed by atoms with E-state index in [-0.39, 0.29) is 23.2 Å². The smallest absolute Gasteiger partial charge is 0.255 e. The van der Waals surface area contributed by atoms with E-state index in [1.54, 1.807) is 13.0 Å². The number of anilines is 1. The highest BCUT2D eigenvalue weighted by Gasteiger charge is 2.19. The summed E-state index contributed by atoms with van der Waals surface area (Å²) in [5.41, 5.74) is 7.78. The first kappa shape index (κ1) is 18.3. The summed E-state index contributed by atoms with van der Waals surface area (Å²) in [6, 6.07) is 13.4. The number of methoxy groups -OCH3 is 1. The Labute approximate surface area is 156 Å². The maximum Gasteiger partial charge on any atom is 0.255 e. The fourth-order valence-electron chi connectivity index (χ4n) is 2.69. The van der Waals surface area contributed by atoms with Gasteiger partial charge in [-0.1, -0.05) is 36.4 Å². The molecule has 1 amide bonds. The monoisotopic (exact) mass is 366 g/mol. The van der Waals surface area contributed by atoms with Gasteiger partial charge in [0.05, 0.1) is 24.4 Å². The van der Waals surface area contributed by atoms with Gasteiger partial charge in [0.2, 0.25) is 5.95 Å². The summed E-state index contributed by atoms with van der Waals surface area (Å²) in [6.45, 7) is 1.76. The number of aromatic nitrogens is 2. The van der Waals surface area contributed by atoms with Gasteiger partial charge in [-0.3, -0.25) is 4.79 Å². The predicted molar refractivity (Wildman–Crippen MR) is 101 cm³/mol. The molecule has 0 saturated heterocycles. The minimum Gasteiger partial charge on any atom is -0.494 e. The van der Waals surface area contributed by atoms with E-state index in [2.05, 4.69) is 15.3 Å². The molecular weight excluding hydrogens is 347 g/mol. The van der Waals surface area contributed by atoms with Crippen LogP contribution in [0, 0.1) is 5.82 Å². The number of amides is 1. The van der Waals surface area contributed by atoms with Gasteiger partial charge in [0.1, 0.15) is 0 Å². The number of hydrogen-bond donors (Lipinski definition) is 2. The van der Waals surface area contributed by atoms with Gasteiger partial charge < -0.3 is 15.8 Å². The number of nitrogens with one attached hydrogen (secondary N) is 1. The molecular formula is C20H19FN4O2. The largest absolute Gasteiger partial charge is 0.494 e. The molecule has 27 heavy (non-hydrogen) atoms. The van der Waals surface area contributed by atoms with Crippen LogP contribution < -0.4 is 15.8 Å². The van der Waals surface area contributed by atoms with Crippen LogP contribution in [0.5, 0.6) is 5.75 Å². The van der Waals surface area contributed by atoms with Crippen LogP contribution in [0.25, 0.3) is 11.3 Å². The number of benzene rings is 2. The topological polar surface area (TPSA) is 90.1 Å². The van der Waals surface area contributed by atoms with Gasteiger partial charge in [0.15, 0.2) is 11.6 Å². The summed E-state index contributed by atoms with van der Waals surface area (Å²) < 4.78 is 18.8. The van der Waals surface area contributed by atoms with Crippen LogP contribution in [0.4, 0.5) is 10.3 Å². The first-order valence-corrected chi connectivity index (χ1v) is 8.32. The molecule has 7 heteroatoms. The summed E-state index contributed by atoms with van der Waals surface area (Å²) in [7, 11) is 1.40. The lowest BCUT2D eigenvalue weighted by Gasteiger charge is -2.16. The average molecular weight is 366 g/mol. The Bertz CT molecular complexity index is 963. The van der Waals surface area contributed by atoms with E-state index in [1.807, 2.05) is 30.3 Å². The van der Waals surface area contributed by atoms with Gasteiger partial charge >= 0.3 is 0 Å². The molecule has 6 nitrogen and oxygen atoms in total. The number of nitrogens with two attached hydrogens (primary N) is 1. The number of nitrogens with zero attached hydrogens (tertiary/aromatic N) is 2.